The van der Waals surface area contributed by atoms with Crippen LogP contribution in [0.1, 0.15) is 31.8 Å². The molecule has 0 saturated carbocycles. The molecule has 30 heavy (non-hydrogen) atoms. The maximum absolute atomic E-state index is 12.8. The fraction of sp³-hybridized carbons (Fsp3) is 0.0455. The molecule has 0 aliphatic heterocycles. The van der Waals surface area contributed by atoms with Gasteiger partial charge in [0, 0.05) is 22.5 Å². The van der Waals surface area contributed by atoms with Crippen LogP contribution in [0.15, 0.2) is 72.8 Å². The number of nitrogens with zero attached hydrogens (tertiary/aromatic N) is 1. The van der Waals surface area contributed by atoms with Gasteiger partial charge in [-0.2, -0.15) is 18.4 Å². The van der Waals surface area contributed by atoms with Crippen LogP contribution in [0.25, 0.3) is 0 Å². The van der Waals surface area contributed by atoms with Crippen molar-refractivity contribution in [2.45, 2.75) is 6.18 Å². The number of carbonyl (C=O) groups excluding carboxylic acids is 2. The molecule has 0 radical (unpaired) electrons. The fourth-order valence-electron chi connectivity index (χ4n) is 2.65. The van der Waals surface area contributed by atoms with E-state index < -0.39 is 23.6 Å². The molecular formula is C22H14F3N3O2. The Balaban J connectivity index is 1.74. The van der Waals surface area contributed by atoms with Gasteiger partial charge in [0.05, 0.1) is 17.2 Å². The zero-order valence-electron chi connectivity index (χ0n) is 15.3. The van der Waals surface area contributed by atoms with Crippen LogP contribution in [0.5, 0.6) is 0 Å². The molecule has 0 atom stereocenters. The van der Waals surface area contributed by atoms with Crippen molar-refractivity contribution >= 4 is 23.2 Å². The lowest BCUT2D eigenvalue weighted by Gasteiger charge is -2.11. The number of alkyl halides is 3. The third-order valence-electron chi connectivity index (χ3n) is 4.08. The van der Waals surface area contributed by atoms with E-state index >= 15 is 0 Å². The molecular weight excluding hydrogens is 395 g/mol. The SMILES string of the molecule is N#Cc1cccc(C(=O)Nc2cccc(C(=O)Nc3cccc(C(F)(F)F)c3)c2)c1. The highest BCUT2D eigenvalue weighted by atomic mass is 19.4. The molecule has 2 amide bonds. The number of anilines is 2. The van der Waals surface area contributed by atoms with E-state index in [1.165, 1.54) is 36.4 Å². The molecule has 8 heteroatoms. The highest BCUT2D eigenvalue weighted by Gasteiger charge is 2.30. The minimum atomic E-state index is -4.52. The fourth-order valence-corrected chi connectivity index (χ4v) is 2.65. The zero-order chi connectivity index (χ0) is 21.7. The predicted octanol–water partition coefficient (Wildman–Crippen LogP) is 5.08. The number of carbonyl (C=O) groups is 2. The summed E-state index contributed by atoms with van der Waals surface area (Å²) in [6.07, 6.45) is -4.52. The van der Waals surface area contributed by atoms with E-state index in [2.05, 4.69) is 10.6 Å². The maximum atomic E-state index is 12.8. The van der Waals surface area contributed by atoms with Crippen LogP contribution < -0.4 is 10.6 Å². The molecule has 0 aromatic heterocycles. The van der Waals surface area contributed by atoms with Crippen LogP contribution >= 0.6 is 0 Å². The topological polar surface area (TPSA) is 82.0 Å². The summed E-state index contributed by atoms with van der Waals surface area (Å²) in [6, 6.07) is 18.3. The molecule has 3 aromatic carbocycles. The first-order valence-electron chi connectivity index (χ1n) is 8.66. The first-order valence-corrected chi connectivity index (χ1v) is 8.66. The number of nitriles is 1. The number of hydrogen-bond donors (Lipinski definition) is 2. The smallest absolute Gasteiger partial charge is 0.322 e. The molecule has 150 valence electrons. The van der Waals surface area contributed by atoms with Gasteiger partial charge in [-0.1, -0.05) is 18.2 Å². The van der Waals surface area contributed by atoms with Crippen molar-refractivity contribution in [3.63, 3.8) is 0 Å². The second kappa shape index (κ2) is 8.49. The summed E-state index contributed by atoms with van der Waals surface area (Å²) in [6.45, 7) is 0. The summed E-state index contributed by atoms with van der Waals surface area (Å²) in [5.74, 6) is -1.10. The molecule has 3 aromatic rings. The Labute approximate surface area is 169 Å². The molecule has 0 heterocycles. The minimum Gasteiger partial charge on any atom is -0.322 e. The normalized spacial score (nSPS) is 10.7. The standard InChI is InChI=1S/C22H14F3N3O2/c23-22(24,25)17-7-3-9-19(12-17)28-21(30)16-6-2-8-18(11-16)27-20(29)15-5-1-4-14(10-15)13-26/h1-12H,(H,27,29)(H,28,30). The van der Waals surface area contributed by atoms with Gasteiger partial charge in [-0.05, 0) is 54.6 Å². The molecule has 5 nitrogen and oxygen atoms in total. The van der Waals surface area contributed by atoms with Gasteiger partial charge in [0.15, 0.2) is 0 Å². The lowest BCUT2D eigenvalue weighted by molar-refractivity contribution is -0.137. The van der Waals surface area contributed by atoms with E-state index in [1.807, 2.05) is 6.07 Å². The molecule has 0 aliphatic rings. The van der Waals surface area contributed by atoms with Crippen LogP contribution in [0.4, 0.5) is 24.5 Å². The van der Waals surface area contributed by atoms with Gasteiger partial charge in [-0.15, -0.1) is 0 Å². The second-order valence-corrected chi connectivity index (χ2v) is 6.26. The van der Waals surface area contributed by atoms with Crippen molar-refractivity contribution in [1.82, 2.24) is 0 Å². The molecule has 0 bridgehead atoms. The van der Waals surface area contributed by atoms with Gasteiger partial charge in [-0.3, -0.25) is 9.59 Å². The van der Waals surface area contributed by atoms with Gasteiger partial charge in [0.2, 0.25) is 0 Å². The molecule has 0 spiro atoms. The summed E-state index contributed by atoms with van der Waals surface area (Å²) < 4.78 is 38.5. The summed E-state index contributed by atoms with van der Waals surface area (Å²) >= 11 is 0. The molecule has 0 fully saturated rings. The first kappa shape index (κ1) is 20.6. The molecule has 0 saturated heterocycles. The Hall–Kier alpha value is -4.12. The Morgan fingerprint density at radius 1 is 0.767 bits per heavy atom. The van der Waals surface area contributed by atoms with Gasteiger partial charge < -0.3 is 10.6 Å². The number of benzene rings is 3. The lowest BCUT2D eigenvalue weighted by atomic mass is 10.1. The molecule has 0 aliphatic carbocycles. The highest BCUT2D eigenvalue weighted by molar-refractivity contribution is 6.07. The number of rotatable bonds is 4. The van der Waals surface area contributed by atoms with Gasteiger partial charge >= 0.3 is 6.18 Å². The van der Waals surface area contributed by atoms with E-state index in [0.29, 0.717) is 11.3 Å². The van der Waals surface area contributed by atoms with Gasteiger partial charge in [0.25, 0.3) is 11.8 Å². The van der Waals surface area contributed by atoms with Crippen LogP contribution in [0.3, 0.4) is 0 Å². The summed E-state index contributed by atoms with van der Waals surface area (Å²) in [5.41, 5.74) is 0.193. The number of hydrogen-bond acceptors (Lipinski definition) is 3. The summed E-state index contributed by atoms with van der Waals surface area (Å²) in [4.78, 5) is 24.8. The van der Waals surface area contributed by atoms with Crippen LogP contribution in [0, 0.1) is 11.3 Å². The average Bonchev–Trinajstić information content (AvgIpc) is 2.73. The Morgan fingerprint density at radius 3 is 1.90 bits per heavy atom. The Bertz CT molecular complexity index is 1150. The number of amides is 2. The van der Waals surface area contributed by atoms with E-state index in [4.69, 9.17) is 5.26 Å². The van der Waals surface area contributed by atoms with E-state index in [-0.39, 0.29) is 16.8 Å². The van der Waals surface area contributed by atoms with Crippen LogP contribution in [-0.4, -0.2) is 11.8 Å². The Kier molecular flexibility index (Phi) is 5.83. The van der Waals surface area contributed by atoms with Crippen molar-refractivity contribution in [3.8, 4) is 6.07 Å². The highest BCUT2D eigenvalue weighted by Crippen LogP contribution is 2.30. The van der Waals surface area contributed by atoms with E-state index in [9.17, 15) is 22.8 Å². The summed E-state index contributed by atoms with van der Waals surface area (Å²) in [5, 5.41) is 14.0. The Morgan fingerprint density at radius 2 is 1.30 bits per heavy atom. The minimum absolute atomic E-state index is 0.00224. The van der Waals surface area contributed by atoms with Gasteiger partial charge in [-0.25, -0.2) is 0 Å². The number of nitrogens with one attached hydrogen (secondary N) is 2. The second-order valence-electron chi connectivity index (χ2n) is 6.26. The monoisotopic (exact) mass is 409 g/mol. The van der Waals surface area contributed by atoms with E-state index in [1.54, 1.807) is 24.3 Å². The first-order chi connectivity index (χ1) is 14.3. The summed E-state index contributed by atoms with van der Waals surface area (Å²) in [7, 11) is 0. The van der Waals surface area contributed by atoms with Crippen molar-refractivity contribution in [2.75, 3.05) is 10.6 Å². The average molecular weight is 409 g/mol. The van der Waals surface area contributed by atoms with Crippen molar-refractivity contribution in [2.24, 2.45) is 0 Å². The largest absolute Gasteiger partial charge is 0.416 e. The third-order valence-corrected chi connectivity index (χ3v) is 4.08. The van der Waals surface area contributed by atoms with Crippen LogP contribution in [0.2, 0.25) is 0 Å². The quantitative estimate of drug-likeness (QED) is 0.630. The third kappa shape index (κ3) is 5.02. The maximum Gasteiger partial charge on any atom is 0.416 e. The predicted molar refractivity (Wildman–Crippen MR) is 105 cm³/mol. The molecule has 0 unspecified atom stereocenters. The van der Waals surface area contributed by atoms with Crippen LogP contribution in [-0.2, 0) is 6.18 Å². The zero-order valence-corrected chi connectivity index (χ0v) is 15.3. The van der Waals surface area contributed by atoms with E-state index in [0.717, 1.165) is 12.1 Å². The van der Waals surface area contributed by atoms with Crippen molar-refractivity contribution in [3.05, 3.63) is 95.1 Å². The lowest BCUT2D eigenvalue weighted by Crippen LogP contribution is -2.15. The van der Waals surface area contributed by atoms with Crippen molar-refractivity contribution in [1.29, 1.82) is 5.26 Å². The number of halogens is 3. The molecule has 3 rings (SSSR count). The molecule has 2 N–H and O–H groups in total. The van der Waals surface area contributed by atoms with Crippen molar-refractivity contribution < 1.29 is 22.8 Å². The van der Waals surface area contributed by atoms with Gasteiger partial charge in [0.1, 0.15) is 0 Å².